The third kappa shape index (κ3) is 4.43. The highest BCUT2D eigenvalue weighted by Gasteiger charge is 2.34. The molecule has 1 aromatic carbocycles. The fourth-order valence-electron chi connectivity index (χ4n) is 3.07. The number of nitrogens with one attached hydrogen (secondary N) is 1. The van der Waals surface area contributed by atoms with E-state index in [1.165, 1.54) is 11.2 Å². The van der Waals surface area contributed by atoms with Crippen molar-refractivity contribution in [2.24, 2.45) is 0 Å². The van der Waals surface area contributed by atoms with Crippen LogP contribution in [0.15, 0.2) is 47.1 Å². The smallest absolute Gasteiger partial charge is 0.261 e. The number of furan rings is 1. The molecule has 1 aliphatic heterocycles. The first-order chi connectivity index (χ1) is 12.9. The van der Waals surface area contributed by atoms with Gasteiger partial charge in [-0.05, 0) is 37.6 Å². The van der Waals surface area contributed by atoms with Gasteiger partial charge in [-0.2, -0.15) is 0 Å². The second-order valence-corrected chi connectivity index (χ2v) is 6.94. The molecule has 0 saturated heterocycles. The molecule has 0 saturated carbocycles. The summed E-state index contributed by atoms with van der Waals surface area (Å²) in [6.45, 7) is 1.89. The molecule has 0 spiro atoms. The zero-order valence-corrected chi connectivity index (χ0v) is 15.1. The maximum absolute atomic E-state index is 12.3. The van der Waals surface area contributed by atoms with E-state index in [2.05, 4.69) is 5.32 Å². The Bertz CT molecular complexity index is 807. The van der Waals surface area contributed by atoms with Gasteiger partial charge >= 0.3 is 0 Å². The fourth-order valence-corrected chi connectivity index (χ4v) is 3.07. The van der Waals surface area contributed by atoms with Crippen LogP contribution in [0.2, 0.25) is 0 Å². The monoisotopic (exact) mass is 370 g/mol. The van der Waals surface area contributed by atoms with Crippen molar-refractivity contribution in [1.82, 2.24) is 10.2 Å². The van der Waals surface area contributed by atoms with Crippen LogP contribution in [-0.2, 0) is 11.2 Å². The molecule has 3 amide bonds. The van der Waals surface area contributed by atoms with Crippen molar-refractivity contribution in [1.29, 1.82) is 0 Å². The molecule has 0 fully saturated rings. The van der Waals surface area contributed by atoms with E-state index in [1.807, 2.05) is 0 Å². The van der Waals surface area contributed by atoms with Crippen LogP contribution >= 0.6 is 0 Å². The molecular formula is C20H22N2O5. The van der Waals surface area contributed by atoms with Gasteiger partial charge in [0.1, 0.15) is 5.76 Å². The first kappa shape index (κ1) is 18.8. The van der Waals surface area contributed by atoms with E-state index in [-0.39, 0.29) is 43.7 Å². The second-order valence-electron chi connectivity index (χ2n) is 6.94. The molecule has 2 N–H and O–H groups in total. The summed E-state index contributed by atoms with van der Waals surface area (Å²) >= 11 is 0. The number of benzene rings is 1. The van der Waals surface area contributed by atoms with Gasteiger partial charge in [-0.3, -0.25) is 19.3 Å². The third-order valence-electron chi connectivity index (χ3n) is 4.47. The number of fused-ring (bicyclic) bond motifs is 1. The highest BCUT2D eigenvalue weighted by Crippen LogP contribution is 2.22. The highest BCUT2D eigenvalue weighted by atomic mass is 16.3. The SMILES string of the molecule is CC(O)(CNC(=O)CCCN1C(=O)c2ccccc2C1=O)Cc1ccco1. The lowest BCUT2D eigenvalue weighted by atomic mass is 10.0. The van der Waals surface area contributed by atoms with E-state index >= 15 is 0 Å². The summed E-state index contributed by atoms with van der Waals surface area (Å²) in [7, 11) is 0. The summed E-state index contributed by atoms with van der Waals surface area (Å²) < 4.78 is 5.20. The zero-order chi connectivity index (χ0) is 19.4. The quantitative estimate of drug-likeness (QED) is 0.690. The number of rotatable bonds is 8. The lowest BCUT2D eigenvalue weighted by Gasteiger charge is -2.22. The van der Waals surface area contributed by atoms with Crippen molar-refractivity contribution in [3.63, 3.8) is 0 Å². The Balaban J connectivity index is 1.42. The van der Waals surface area contributed by atoms with Crippen LogP contribution in [0.4, 0.5) is 0 Å². The highest BCUT2D eigenvalue weighted by molar-refractivity contribution is 6.21. The number of carbonyl (C=O) groups excluding carboxylic acids is 3. The molecule has 1 unspecified atom stereocenters. The molecule has 3 rings (SSSR count). The standard InChI is InChI=1S/C20H22N2O5/c1-20(26,12-14-6-5-11-27-14)13-21-17(23)9-4-10-22-18(24)15-7-2-3-8-16(15)19(22)25/h2-3,5-8,11,26H,4,9-10,12-13H2,1H3,(H,21,23). The Morgan fingerprint density at radius 1 is 1.15 bits per heavy atom. The molecule has 0 bridgehead atoms. The van der Waals surface area contributed by atoms with E-state index in [0.29, 0.717) is 23.3 Å². The van der Waals surface area contributed by atoms with Gasteiger partial charge < -0.3 is 14.8 Å². The van der Waals surface area contributed by atoms with Crippen molar-refractivity contribution in [2.45, 2.75) is 31.8 Å². The summed E-state index contributed by atoms with van der Waals surface area (Å²) in [6.07, 6.45) is 2.33. The predicted molar refractivity (Wildman–Crippen MR) is 97.1 cm³/mol. The average molecular weight is 370 g/mol. The second kappa shape index (κ2) is 7.75. The molecule has 0 radical (unpaired) electrons. The zero-order valence-electron chi connectivity index (χ0n) is 15.1. The van der Waals surface area contributed by atoms with Crippen LogP contribution in [0.3, 0.4) is 0 Å². The molecule has 1 aromatic heterocycles. The van der Waals surface area contributed by atoms with Crippen LogP contribution in [0, 0.1) is 0 Å². The van der Waals surface area contributed by atoms with Crippen LogP contribution in [-0.4, -0.2) is 46.4 Å². The minimum atomic E-state index is -1.13. The van der Waals surface area contributed by atoms with Gasteiger partial charge in [0.25, 0.3) is 11.8 Å². The first-order valence-electron chi connectivity index (χ1n) is 8.84. The Hall–Kier alpha value is -2.93. The topological polar surface area (TPSA) is 99.9 Å². The molecule has 2 aromatic rings. The summed E-state index contributed by atoms with van der Waals surface area (Å²) in [4.78, 5) is 37.7. The lowest BCUT2D eigenvalue weighted by Crippen LogP contribution is -2.42. The Kier molecular flexibility index (Phi) is 5.41. The molecule has 142 valence electrons. The van der Waals surface area contributed by atoms with Gasteiger partial charge in [0.05, 0.1) is 23.0 Å². The normalized spacial score (nSPS) is 15.6. The van der Waals surface area contributed by atoms with Gasteiger partial charge in [0.15, 0.2) is 0 Å². The lowest BCUT2D eigenvalue weighted by molar-refractivity contribution is -0.122. The predicted octanol–water partition coefficient (Wildman–Crippen LogP) is 1.77. The van der Waals surface area contributed by atoms with Gasteiger partial charge in [-0.25, -0.2) is 0 Å². The molecule has 1 aliphatic rings. The number of hydrogen-bond donors (Lipinski definition) is 2. The number of nitrogens with zero attached hydrogens (tertiary/aromatic N) is 1. The summed E-state index contributed by atoms with van der Waals surface area (Å²) in [5, 5.41) is 13.0. The minimum absolute atomic E-state index is 0.0829. The van der Waals surface area contributed by atoms with Crippen molar-refractivity contribution < 1.29 is 23.9 Å². The molecule has 7 nitrogen and oxygen atoms in total. The van der Waals surface area contributed by atoms with Crippen molar-refractivity contribution in [2.75, 3.05) is 13.1 Å². The van der Waals surface area contributed by atoms with Gasteiger partial charge in [-0.15, -0.1) is 0 Å². The molecule has 0 aliphatic carbocycles. The minimum Gasteiger partial charge on any atom is -0.469 e. The van der Waals surface area contributed by atoms with Gasteiger partial charge in [0, 0.05) is 25.9 Å². The molecule has 1 atom stereocenters. The Morgan fingerprint density at radius 3 is 2.41 bits per heavy atom. The van der Waals surface area contributed by atoms with Crippen LogP contribution in [0.25, 0.3) is 0 Å². The number of aliphatic hydroxyl groups is 1. The molecular weight excluding hydrogens is 348 g/mol. The molecule has 7 heteroatoms. The Morgan fingerprint density at radius 2 is 1.81 bits per heavy atom. The van der Waals surface area contributed by atoms with E-state index in [0.717, 1.165) is 0 Å². The largest absolute Gasteiger partial charge is 0.469 e. The number of hydrogen-bond acceptors (Lipinski definition) is 5. The van der Waals surface area contributed by atoms with Crippen molar-refractivity contribution in [3.8, 4) is 0 Å². The average Bonchev–Trinajstić information content (AvgIpc) is 3.22. The van der Waals surface area contributed by atoms with Crippen LogP contribution in [0.1, 0.15) is 46.2 Å². The van der Waals surface area contributed by atoms with Crippen molar-refractivity contribution >= 4 is 17.7 Å². The number of amides is 3. The first-order valence-corrected chi connectivity index (χ1v) is 8.84. The summed E-state index contributed by atoms with van der Waals surface area (Å²) in [6, 6.07) is 10.2. The van der Waals surface area contributed by atoms with E-state index in [9.17, 15) is 19.5 Å². The fraction of sp³-hybridized carbons (Fsp3) is 0.350. The van der Waals surface area contributed by atoms with Gasteiger partial charge in [0.2, 0.25) is 5.91 Å². The van der Waals surface area contributed by atoms with Crippen LogP contribution in [0.5, 0.6) is 0 Å². The summed E-state index contributed by atoms with van der Waals surface area (Å²) in [5.41, 5.74) is -0.322. The van der Waals surface area contributed by atoms with Crippen LogP contribution < -0.4 is 5.32 Å². The third-order valence-corrected chi connectivity index (χ3v) is 4.47. The van der Waals surface area contributed by atoms with Crippen molar-refractivity contribution in [3.05, 3.63) is 59.5 Å². The number of carbonyl (C=O) groups is 3. The maximum Gasteiger partial charge on any atom is 0.261 e. The molecule has 27 heavy (non-hydrogen) atoms. The van der Waals surface area contributed by atoms with Gasteiger partial charge in [-0.1, -0.05) is 12.1 Å². The van der Waals surface area contributed by atoms with E-state index in [4.69, 9.17) is 4.42 Å². The molecule has 2 heterocycles. The number of imide groups is 1. The van der Waals surface area contributed by atoms with E-state index < -0.39 is 5.60 Å². The Labute approximate surface area is 157 Å². The summed E-state index contributed by atoms with van der Waals surface area (Å²) in [5.74, 6) is -0.249. The maximum atomic E-state index is 12.3. The van der Waals surface area contributed by atoms with E-state index in [1.54, 1.807) is 43.3 Å².